The number of para-hydroxylation sites is 1. The standard InChI is InChI=1S/C22H18N2O/c1-2-7-20(8-3-1)24-16-19-6-4-5-9-21(19)17-10-12-18(13-11-17)22-23-14-15-25-22/h1-15,24H,16H2. The van der Waals surface area contributed by atoms with Crippen molar-refractivity contribution in [2.24, 2.45) is 0 Å². The molecule has 0 radical (unpaired) electrons. The number of hydrogen-bond acceptors (Lipinski definition) is 3. The summed E-state index contributed by atoms with van der Waals surface area (Å²) in [5.41, 5.74) is 5.77. The lowest BCUT2D eigenvalue weighted by atomic mass is 9.98. The van der Waals surface area contributed by atoms with Gasteiger partial charge in [0.1, 0.15) is 6.26 Å². The molecule has 3 nitrogen and oxygen atoms in total. The number of hydrogen-bond donors (Lipinski definition) is 1. The Hall–Kier alpha value is -3.33. The Bertz CT molecular complexity index is 929. The Morgan fingerprint density at radius 1 is 0.760 bits per heavy atom. The van der Waals surface area contributed by atoms with E-state index in [1.54, 1.807) is 12.5 Å². The second kappa shape index (κ2) is 7.05. The maximum Gasteiger partial charge on any atom is 0.225 e. The Morgan fingerprint density at radius 2 is 1.48 bits per heavy atom. The zero-order valence-corrected chi connectivity index (χ0v) is 13.7. The van der Waals surface area contributed by atoms with E-state index < -0.39 is 0 Å². The normalized spacial score (nSPS) is 10.6. The van der Waals surface area contributed by atoms with Crippen LogP contribution in [-0.2, 0) is 6.54 Å². The van der Waals surface area contributed by atoms with E-state index >= 15 is 0 Å². The van der Waals surface area contributed by atoms with Crippen molar-refractivity contribution in [3.8, 4) is 22.6 Å². The lowest BCUT2D eigenvalue weighted by Gasteiger charge is -2.12. The van der Waals surface area contributed by atoms with E-state index in [-0.39, 0.29) is 0 Å². The van der Waals surface area contributed by atoms with Crippen LogP contribution >= 0.6 is 0 Å². The minimum absolute atomic E-state index is 0.644. The monoisotopic (exact) mass is 326 g/mol. The molecule has 4 aromatic rings. The first-order chi connectivity index (χ1) is 12.4. The van der Waals surface area contributed by atoms with Crippen LogP contribution in [0.5, 0.6) is 0 Å². The molecule has 1 heterocycles. The molecule has 0 fully saturated rings. The largest absolute Gasteiger partial charge is 0.445 e. The van der Waals surface area contributed by atoms with Crippen LogP contribution in [0.3, 0.4) is 0 Å². The van der Waals surface area contributed by atoms with Crippen molar-refractivity contribution in [3.63, 3.8) is 0 Å². The second-order valence-corrected chi connectivity index (χ2v) is 5.79. The number of nitrogens with one attached hydrogen (secondary N) is 1. The molecule has 0 amide bonds. The summed E-state index contributed by atoms with van der Waals surface area (Å²) in [6.45, 7) is 0.779. The predicted octanol–water partition coefficient (Wildman–Crippen LogP) is 5.62. The van der Waals surface area contributed by atoms with Crippen LogP contribution in [0.15, 0.2) is 95.7 Å². The predicted molar refractivity (Wildman–Crippen MR) is 101 cm³/mol. The van der Waals surface area contributed by atoms with Crippen LogP contribution < -0.4 is 5.32 Å². The molecule has 0 bridgehead atoms. The molecule has 0 aliphatic rings. The highest BCUT2D eigenvalue weighted by molar-refractivity contribution is 5.70. The van der Waals surface area contributed by atoms with Gasteiger partial charge in [0.05, 0.1) is 6.20 Å². The molecule has 3 heteroatoms. The molecule has 0 saturated carbocycles. The van der Waals surface area contributed by atoms with Gasteiger partial charge < -0.3 is 9.73 Å². The van der Waals surface area contributed by atoms with Crippen LogP contribution in [-0.4, -0.2) is 4.98 Å². The van der Waals surface area contributed by atoms with Gasteiger partial charge in [-0.15, -0.1) is 0 Å². The maximum atomic E-state index is 5.36. The summed E-state index contributed by atoms with van der Waals surface area (Å²) in [5, 5.41) is 3.48. The molecule has 1 aromatic heterocycles. The lowest BCUT2D eigenvalue weighted by molar-refractivity contribution is 0.574. The molecule has 0 unspecified atom stereocenters. The van der Waals surface area contributed by atoms with Crippen LogP contribution in [0.1, 0.15) is 5.56 Å². The first-order valence-corrected chi connectivity index (χ1v) is 8.27. The van der Waals surface area contributed by atoms with Crippen molar-refractivity contribution >= 4 is 5.69 Å². The van der Waals surface area contributed by atoms with Crippen LogP contribution in [0.2, 0.25) is 0 Å². The fraction of sp³-hybridized carbons (Fsp3) is 0.0455. The molecule has 0 atom stereocenters. The molecule has 25 heavy (non-hydrogen) atoms. The first kappa shape index (κ1) is 15.2. The molecule has 0 saturated heterocycles. The van der Waals surface area contributed by atoms with Crippen molar-refractivity contribution in [2.45, 2.75) is 6.54 Å². The van der Waals surface area contributed by atoms with Gasteiger partial charge in [0.15, 0.2) is 0 Å². The SMILES string of the molecule is c1ccc(NCc2ccccc2-c2ccc(-c3ncco3)cc2)cc1. The van der Waals surface area contributed by atoms with E-state index in [1.165, 1.54) is 16.7 Å². The topological polar surface area (TPSA) is 38.1 Å². The minimum atomic E-state index is 0.644. The summed E-state index contributed by atoms with van der Waals surface area (Å²) in [4.78, 5) is 4.19. The van der Waals surface area contributed by atoms with E-state index in [2.05, 4.69) is 58.8 Å². The Balaban J connectivity index is 1.58. The fourth-order valence-electron chi connectivity index (χ4n) is 2.87. The highest BCUT2D eigenvalue weighted by Crippen LogP contribution is 2.27. The van der Waals surface area contributed by atoms with Gasteiger partial charge in [-0.05, 0) is 41.0 Å². The van der Waals surface area contributed by atoms with Crippen molar-refractivity contribution in [1.29, 1.82) is 0 Å². The number of anilines is 1. The molecule has 3 aromatic carbocycles. The molecular formula is C22H18N2O. The molecule has 0 aliphatic heterocycles. The van der Waals surface area contributed by atoms with Gasteiger partial charge in [-0.1, -0.05) is 54.6 Å². The number of oxazole rings is 1. The summed E-state index contributed by atoms with van der Waals surface area (Å²) in [5.74, 6) is 0.644. The summed E-state index contributed by atoms with van der Waals surface area (Å²) in [6.07, 6.45) is 3.25. The van der Waals surface area contributed by atoms with E-state index in [1.807, 2.05) is 30.3 Å². The molecule has 122 valence electrons. The van der Waals surface area contributed by atoms with Gasteiger partial charge in [-0.25, -0.2) is 4.98 Å². The number of rotatable bonds is 5. The van der Waals surface area contributed by atoms with Crippen molar-refractivity contribution in [1.82, 2.24) is 4.98 Å². The molecular weight excluding hydrogens is 308 g/mol. The summed E-state index contributed by atoms with van der Waals surface area (Å²) in [6, 6.07) is 27.0. The quantitative estimate of drug-likeness (QED) is 0.517. The summed E-state index contributed by atoms with van der Waals surface area (Å²) < 4.78 is 5.36. The molecule has 0 aliphatic carbocycles. The highest BCUT2D eigenvalue weighted by atomic mass is 16.3. The molecule has 1 N–H and O–H groups in total. The van der Waals surface area contributed by atoms with Crippen molar-refractivity contribution < 1.29 is 4.42 Å². The van der Waals surface area contributed by atoms with E-state index in [4.69, 9.17) is 4.42 Å². The second-order valence-electron chi connectivity index (χ2n) is 5.79. The molecule has 0 spiro atoms. The Morgan fingerprint density at radius 3 is 2.24 bits per heavy atom. The van der Waals surface area contributed by atoms with Gasteiger partial charge in [0.2, 0.25) is 5.89 Å². The van der Waals surface area contributed by atoms with Gasteiger partial charge >= 0.3 is 0 Å². The fourth-order valence-corrected chi connectivity index (χ4v) is 2.87. The van der Waals surface area contributed by atoms with Gasteiger partial charge in [0, 0.05) is 17.8 Å². The third-order valence-electron chi connectivity index (χ3n) is 4.15. The number of benzene rings is 3. The van der Waals surface area contributed by atoms with Crippen LogP contribution in [0.4, 0.5) is 5.69 Å². The van der Waals surface area contributed by atoms with E-state index in [0.29, 0.717) is 5.89 Å². The van der Waals surface area contributed by atoms with Crippen molar-refractivity contribution in [2.75, 3.05) is 5.32 Å². The zero-order valence-electron chi connectivity index (χ0n) is 13.7. The third kappa shape index (κ3) is 3.45. The number of nitrogens with zero attached hydrogens (tertiary/aromatic N) is 1. The van der Waals surface area contributed by atoms with Crippen LogP contribution in [0, 0.1) is 0 Å². The smallest absolute Gasteiger partial charge is 0.225 e. The maximum absolute atomic E-state index is 5.36. The van der Waals surface area contributed by atoms with Crippen molar-refractivity contribution in [3.05, 3.63) is 96.9 Å². The van der Waals surface area contributed by atoms with Gasteiger partial charge in [0.25, 0.3) is 0 Å². The first-order valence-electron chi connectivity index (χ1n) is 8.27. The highest BCUT2D eigenvalue weighted by Gasteiger charge is 2.07. The summed E-state index contributed by atoms with van der Waals surface area (Å²) >= 11 is 0. The van der Waals surface area contributed by atoms with E-state index in [0.717, 1.165) is 17.8 Å². The Labute approximate surface area is 147 Å². The van der Waals surface area contributed by atoms with Crippen LogP contribution in [0.25, 0.3) is 22.6 Å². The molecule has 4 rings (SSSR count). The lowest BCUT2D eigenvalue weighted by Crippen LogP contribution is -2.00. The number of aromatic nitrogens is 1. The summed E-state index contributed by atoms with van der Waals surface area (Å²) in [7, 11) is 0. The Kier molecular flexibility index (Phi) is 4.29. The van der Waals surface area contributed by atoms with E-state index in [9.17, 15) is 0 Å². The van der Waals surface area contributed by atoms with Gasteiger partial charge in [-0.2, -0.15) is 0 Å². The zero-order chi connectivity index (χ0) is 16.9. The minimum Gasteiger partial charge on any atom is -0.445 e. The van der Waals surface area contributed by atoms with Gasteiger partial charge in [-0.3, -0.25) is 0 Å². The average molecular weight is 326 g/mol. The third-order valence-corrected chi connectivity index (χ3v) is 4.15. The average Bonchev–Trinajstić information content (AvgIpc) is 3.22.